The third kappa shape index (κ3) is 4.19. The molecule has 0 aliphatic rings. The fraction of sp³-hybridized carbons (Fsp3) is 0.444. The maximum Gasteiger partial charge on any atom is 0.350 e. The van der Waals surface area contributed by atoms with Gasteiger partial charge in [0.15, 0.2) is 0 Å². The van der Waals surface area contributed by atoms with Gasteiger partial charge in [-0.2, -0.15) is 0 Å². The van der Waals surface area contributed by atoms with Crippen molar-refractivity contribution in [1.29, 1.82) is 0 Å². The molecule has 90 valence electrons. The summed E-state index contributed by atoms with van der Waals surface area (Å²) in [7, 11) is -3.00. The molecule has 1 rings (SSSR count). The van der Waals surface area contributed by atoms with Crippen LogP contribution in [0.2, 0.25) is 0 Å². The maximum atomic E-state index is 11.4. The van der Waals surface area contributed by atoms with Gasteiger partial charge in [-0.1, -0.05) is 0 Å². The lowest BCUT2D eigenvalue weighted by Crippen LogP contribution is -2.10. The van der Waals surface area contributed by atoms with Gasteiger partial charge in [0.05, 0.1) is 18.0 Å². The zero-order valence-electron chi connectivity index (χ0n) is 8.80. The molecular formula is C9H13NO4S2. The van der Waals surface area contributed by atoms with Crippen LogP contribution >= 0.6 is 11.3 Å². The third-order valence-electron chi connectivity index (χ3n) is 1.77. The highest BCUT2D eigenvalue weighted by Crippen LogP contribution is 2.19. The second-order valence-corrected chi connectivity index (χ2v) is 6.50. The van der Waals surface area contributed by atoms with E-state index in [4.69, 9.17) is 10.5 Å². The molecule has 1 aromatic rings. The summed E-state index contributed by atoms with van der Waals surface area (Å²) in [5.41, 5.74) is 5.92. The molecule has 7 heteroatoms. The van der Waals surface area contributed by atoms with E-state index in [0.29, 0.717) is 17.0 Å². The predicted molar refractivity (Wildman–Crippen MR) is 63.3 cm³/mol. The molecule has 0 bridgehead atoms. The van der Waals surface area contributed by atoms with E-state index in [2.05, 4.69) is 0 Å². The molecular weight excluding hydrogens is 250 g/mol. The smallest absolute Gasteiger partial charge is 0.350 e. The molecule has 0 unspecified atom stereocenters. The second kappa shape index (κ2) is 5.31. The molecule has 0 saturated heterocycles. The van der Waals surface area contributed by atoms with Crippen molar-refractivity contribution in [2.75, 3.05) is 24.3 Å². The number of nitrogen functional groups attached to an aromatic ring is 1. The Hall–Kier alpha value is -1.08. The van der Waals surface area contributed by atoms with Gasteiger partial charge in [-0.3, -0.25) is 0 Å². The largest absolute Gasteiger partial charge is 0.461 e. The Morgan fingerprint density at radius 3 is 2.75 bits per heavy atom. The number of ether oxygens (including phenoxy) is 1. The molecule has 0 saturated carbocycles. The molecule has 0 amide bonds. The van der Waals surface area contributed by atoms with Crippen LogP contribution in [0.4, 0.5) is 5.69 Å². The molecule has 0 atom stereocenters. The molecule has 0 spiro atoms. The number of hydrogen-bond acceptors (Lipinski definition) is 6. The lowest BCUT2D eigenvalue weighted by molar-refractivity contribution is 0.0512. The van der Waals surface area contributed by atoms with Crippen LogP contribution in [0.3, 0.4) is 0 Å². The number of nitrogens with two attached hydrogens (primary N) is 1. The molecule has 0 aliphatic carbocycles. The average molecular weight is 263 g/mol. The number of carbonyl (C=O) groups is 1. The van der Waals surface area contributed by atoms with E-state index >= 15 is 0 Å². The molecule has 1 aromatic heterocycles. The number of anilines is 1. The van der Waals surface area contributed by atoms with Crippen LogP contribution in [-0.2, 0) is 14.6 Å². The number of esters is 1. The summed E-state index contributed by atoms with van der Waals surface area (Å²) in [6.07, 6.45) is 1.45. The summed E-state index contributed by atoms with van der Waals surface area (Å²) in [4.78, 5) is 11.8. The van der Waals surface area contributed by atoms with Gasteiger partial charge in [0.1, 0.15) is 14.7 Å². The minimum Gasteiger partial charge on any atom is -0.461 e. The van der Waals surface area contributed by atoms with Crippen LogP contribution in [0.25, 0.3) is 0 Å². The van der Waals surface area contributed by atoms with Crippen LogP contribution < -0.4 is 5.73 Å². The van der Waals surface area contributed by atoms with E-state index in [1.165, 1.54) is 11.3 Å². The Bertz CT molecular complexity index is 464. The molecule has 5 nitrogen and oxygen atoms in total. The highest BCUT2D eigenvalue weighted by Gasteiger charge is 2.12. The zero-order valence-corrected chi connectivity index (χ0v) is 10.4. The van der Waals surface area contributed by atoms with Crippen LogP contribution in [0.5, 0.6) is 0 Å². The van der Waals surface area contributed by atoms with Gasteiger partial charge in [-0.15, -0.1) is 11.3 Å². The summed E-state index contributed by atoms with van der Waals surface area (Å²) in [6.45, 7) is 0.0866. The van der Waals surface area contributed by atoms with E-state index < -0.39 is 15.8 Å². The van der Waals surface area contributed by atoms with Gasteiger partial charge in [0, 0.05) is 6.26 Å². The van der Waals surface area contributed by atoms with Crippen molar-refractivity contribution < 1.29 is 17.9 Å². The maximum absolute atomic E-state index is 11.4. The van der Waals surface area contributed by atoms with Crippen molar-refractivity contribution in [3.63, 3.8) is 0 Å². The molecule has 16 heavy (non-hydrogen) atoms. The SMILES string of the molecule is CS(=O)(=O)CCCOC(=O)c1sccc1N. The standard InChI is InChI=1S/C9H13NO4S2/c1-16(12,13)6-2-4-14-9(11)8-7(10)3-5-15-8/h3,5H,2,4,6,10H2,1H3. The number of rotatable bonds is 5. The van der Waals surface area contributed by atoms with Crippen LogP contribution in [0.1, 0.15) is 16.1 Å². The molecule has 0 aromatic carbocycles. The summed E-state index contributed by atoms with van der Waals surface area (Å²) in [6, 6.07) is 1.62. The fourth-order valence-corrected chi connectivity index (χ4v) is 2.39. The molecule has 2 N–H and O–H groups in total. The van der Waals surface area contributed by atoms with E-state index in [9.17, 15) is 13.2 Å². The lowest BCUT2D eigenvalue weighted by atomic mass is 10.4. The summed E-state index contributed by atoms with van der Waals surface area (Å²) >= 11 is 1.20. The summed E-state index contributed by atoms with van der Waals surface area (Å²) in [5.74, 6) is -0.485. The second-order valence-electron chi connectivity index (χ2n) is 3.32. The zero-order chi connectivity index (χ0) is 12.2. The van der Waals surface area contributed by atoms with E-state index in [1.807, 2.05) is 0 Å². The number of thiophene rings is 1. The Morgan fingerprint density at radius 1 is 1.56 bits per heavy atom. The molecule has 0 aliphatic heterocycles. The quantitative estimate of drug-likeness (QED) is 0.630. The molecule has 0 fully saturated rings. The van der Waals surface area contributed by atoms with E-state index in [-0.39, 0.29) is 12.4 Å². The van der Waals surface area contributed by atoms with Crippen molar-refractivity contribution >= 4 is 32.8 Å². The predicted octanol–water partition coefficient (Wildman–Crippen LogP) is 0.922. The van der Waals surface area contributed by atoms with Crippen molar-refractivity contribution in [1.82, 2.24) is 0 Å². The van der Waals surface area contributed by atoms with Crippen molar-refractivity contribution in [3.8, 4) is 0 Å². The topological polar surface area (TPSA) is 86.5 Å². The van der Waals surface area contributed by atoms with E-state index in [1.54, 1.807) is 11.4 Å². The van der Waals surface area contributed by atoms with Crippen molar-refractivity contribution in [2.24, 2.45) is 0 Å². The average Bonchev–Trinajstić information content (AvgIpc) is 2.57. The highest BCUT2D eigenvalue weighted by atomic mass is 32.2. The Morgan fingerprint density at radius 2 is 2.25 bits per heavy atom. The lowest BCUT2D eigenvalue weighted by Gasteiger charge is -2.03. The van der Waals surface area contributed by atoms with Crippen molar-refractivity contribution in [2.45, 2.75) is 6.42 Å². The minimum absolute atomic E-state index is 0.0141. The minimum atomic E-state index is -3.00. The number of sulfone groups is 1. The van der Waals surface area contributed by atoms with E-state index in [0.717, 1.165) is 6.26 Å². The van der Waals surface area contributed by atoms with Gasteiger partial charge < -0.3 is 10.5 Å². The highest BCUT2D eigenvalue weighted by molar-refractivity contribution is 7.90. The van der Waals surface area contributed by atoms with Gasteiger partial charge in [-0.05, 0) is 17.9 Å². The summed E-state index contributed by atoms with van der Waals surface area (Å²) < 4.78 is 26.5. The first kappa shape index (κ1) is 13.0. The van der Waals surface area contributed by atoms with Crippen molar-refractivity contribution in [3.05, 3.63) is 16.3 Å². The molecule has 1 heterocycles. The first-order valence-electron chi connectivity index (χ1n) is 4.58. The number of hydrogen-bond donors (Lipinski definition) is 1. The van der Waals surface area contributed by atoms with Crippen LogP contribution in [-0.4, -0.2) is 33.0 Å². The van der Waals surface area contributed by atoms with Gasteiger partial charge in [0.2, 0.25) is 0 Å². The monoisotopic (exact) mass is 263 g/mol. The van der Waals surface area contributed by atoms with Gasteiger partial charge in [-0.25, -0.2) is 13.2 Å². The normalized spacial score (nSPS) is 11.3. The Balaban J connectivity index is 2.35. The fourth-order valence-electron chi connectivity index (χ4n) is 1.04. The van der Waals surface area contributed by atoms with Gasteiger partial charge >= 0.3 is 5.97 Å². The summed E-state index contributed by atoms with van der Waals surface area (Å²) in [5, 5.41) is 1.70. The Kier molecular flexibility index (Phi) is 4.31. The molecule has 0 radical (unpaired) electrons. The Labute approximate surface area is 98.1 Å². The first-order valence-corrected chi connectivity index (χ1v) is 7.52. The first-order chi connectivity index (χ1) is 7.40. The van der Waals surface area contributed by atoms with Crippen LogP contribution in [0, 0.1) is 0 Å². The van der Waals surface area contributed by atoms with Crippen LogP contribution in [0.15, 0.2) is 11.4 Å². The van der Waals surface area contributed by atoms with Gasteiger partial charge in [0.25, 0.3) is 0 Å². The third-order valence-corrected chi connectivity index (χ3v) is 3.71. The number of carbonyl (C=O) groups excluding carboxylic acids is 1.